The van der Waals surface area contributed by atoms with E-state index in [0.29, 0.717) is 5.56 Å². The Hall–Kier alpha value is -2.16. The summed E-state index contributed by atoms with van der Waals surface area (Å²) in [4.78, 5) is 12.1. The molecule has 26 heavy (non-hydrogen) atoms. The van der Waals surface area contributed by atoms with Gasteiger partial charge in [-0.15, -0.1) is 0 Å². The van der Waals surface area contributed by atoms with Gasteiger partial charge in [0.25, 0.3) is 0 Å². The largest absolute Gasteiger partial charge is 0.495 e. The predicted octanol–water partition coefficient (Wildman–Crippen LogP) is 3.10. The summed E-state index contributed by atoms with van der Waals surface area (Å²) in [5.41, 5.74) is 0.910. The van der Waals surface area contributed by atoms with Crippen molar-refractivity contribution in [1.29, 1.82) is 0 Å². The van der Waals surface area contributed by atoms with Crippen LogP contribution in [0.15, 0.2) is 41.3 Å². The number of hydrogen-bond donors (Lipinski definition) is 2. The van der Waals surface area contributed by atoms with Crippen LogP contribution in [0.3, 0.4) is 0 Å². The lowest BCUT2D eigenvalue weighted by Crippen LogP contribution is -2.41. The van der Waals surface area contributed by atoms with Gasteiger partial charge in [-0.2, -0.15) is 4.72 Å². The SMILES string of the molecule is COc1ccc(Cl)cc1S(=O)(=O)N[C@@H](C)C(=O)Nc1cc(F)ccc1C. The standard InChI is InChI=1S/C17H18ClFN2O4S/c1-10-4-6-13(19)9-14(10)20-17(22)11(2)21-26(23,24)16-8-12(18)5-7-15(16)25-3/h4-9,11,21H,1-3H3,(H,20,22)/t11-/m0/s1. The minimum atomic E-state index is -4.07. The molecule has 9 heteroatoms. The Kier molecular flexibility index (Phi) is 6.22. The lowest BCUT2D eigenvalue weighted by Gasteiger charge is -2.17. The Morgan fingerprint density at radius 3 is 2.58 bits per heavy atom. The van der Waals surface area contributed by atoms with Crippen LogP contribution < -0.4 is 14.8 Å². The van der Waals surface area contributed by atoms with Crippen LogP contribution in [0.4, 0.5) is 10.1 Å². The summed E-state index contributed by atoms with van der Waals surface area (Å²) >= 11 is 5.86. The molecule has 0 radical (unpaired) electrons. The first-order valence-electron chi connectivity index (χ1n) is 7.57. The molecule has 0 spiro atoms. The fourth-order valence-corrected chi connectivity index (χ4v) is 3.81. The van der Waals surface area contributed by atoms with Gasteiger partial charge in [0.2, 0.25) is 15.9 Å². The Labute approximate surface area is 156 Å². The van der Waals surface area contributed by atoms with Crippen molar-refractivity contribution in [3.63, 3.8) is 0 Å². The number of anilines is 1. The molecular weight excluding hydrogens is 383 g/mol. The first-order chi connectivity index (χ1) is 12.1. The van der Waals surface area contributed by atoms with E-state index in [9.17, 15) is 17.6 Å². The number of halogens is 2. The van der Waals surface area contributed by atoms with Crippen LogP contribution in [0.25, 0.3) is 0 Å². The van der Waals surface area contributed by atoms with Gasteiger partial charge in [0.1, 0.15) is 16.5 Å². The smallest absolute Gasteiger partial charge is 0.245 e. The molecule has 2 N–H and O–H groups in total. The van der Waals surface area contributed by atoms with Crippen molar-refractivity contribution in [2.24, 2.45) is 0 Å². The van der Waals surface area contributed by atoms with Gasteiger partial charge in [0.05, 0.1) is 13.2 Å². The molecule has 2 aromatic carbocycles. The Morgan fingerprint density at radius 2 is 1.92 bits per heavy atom. The molecule has 0 fully saturated rings. The zero-order chi connectivity index (χ0) is 19.5. The van der Waals surface area contributed by atoms with Gasteiger partial charge in [-0.05, 0) is 49.7 Å². The number of ether oxygens (including phenoxy) is 1. The van der Waals surface area contributed by atoms with Gasteiger partial charge < -0.3 is 10.1 Å². The molecule has 1 amide bonds. The van der Waals surface area contributed by atoms with Gasteiger partial charge in [-0.1, -0.05) is 17.7 Å². The number of carbonyl (C=O) groups excluding carboxylic acids is 1. The topological polar surface area (TPSA) is 84.5 Å². The van der Waals surface area contributed by atoms with Crippen LogP contribution in [0.1, 0.15) is 12.5 Å². The van der Waals surface area contributed by atoms with Crippen molar-refractivity contribution in [1.82, 2.24) is 4.72 Å². The van der Waals surface area contributed by atoms with Gasteiger partial charge in [-0.25, -0.2) is 12.8 Å². The van der Waals surface area contributed by atoms with Crippen molar-refractivity contribution in [3.05, 3.63) is 52.8 Å². The highest BCUT2D eigenvalue weighted by molar-refractivity contribution is 7.89. The van der Waals surface area contributed by atoms with E-state index in [0.717, 1.165) is 6.07 Å². The lowest BCUT2D eigenvalue weighted by molar-refractivity contribution is -0.117. The average Bonchev–Trinajstić information content (AvgIpc) is 2.57. The number of methoxy groups -OCH3 is 1. The fraction of sp³-hybridized carbons (Fsp3) is 0.235. The van der Waals surface area contributed by atoms with Crippen LogP contribution in [0.2, 0.25) is 5.02 Å². The first-order valence-corrected chi connectivity index (χ1v) is 9.43. The van der Waals surface area contributed by atoms with E-state index >= 15 is 0 Å². The van der Waals surface area contributed by atoms with Crippen molar-refractivity contribution in [3.8, 4) is 5.75 Å². The number of rotatable bonds is 6. The molecule has 0 saturated carbocycles. The highest BCUT2D eigenvalue weighted by Crippen LogP contribution is 2.27. The van der Waals surface area contributed by atoms with Crippen molar-refractivity contribution in [2.75, 3.05) is 12.4 Å². The second kappa shape index (κ2) is 8.03. The van der Waals surface area contributed by atoms with Gasteiger partial charge in [-0.3, -0.25) is 4.79 Å². The number of hydrogen-bond acceptors (Lipinski definition) is 4. The maximum absolute atomic E-state index is 13.3. The monoisotopic (exact) mass is 400 g/mol. The third-order valence-corrected chi connectivity index (χ3v) is 5.39. The Balaban J connectivity index is 2.20. The number of benzene rings is 2. The molecule has 2 aromatic rings. The maximum Gasteiger partial charge on any atom is 0.245 e. The molecule has 6 nitrogen and oxygen atoms in total. The number of amides is 1. The lowest BCUT2D eigenvalue weighted by atomic mass is 10.2. The Bertz CT molecular complexity index is 934. The minimum absolute atomic E-state index is 0.0930. The summed E-state index contributed by atoms with van der Waals surface area (Å²) in [5.74, 6) is -1.05. The van der Waals surface area contributed by atoms with Crippen molar-refractivity contribution < 1.29 is 22.3 Å². The van der Waals surface area contributed by atoms with Crippen molar-refractivity contribution in [2.45, 2.75) is 24.8 Å². The molecule has 0 bridgehead atoms. The number of nitrogens with one attached hydrogen (secondary N) is 2. The van der Waals surface area contributed by atoms with E-state index in [2.05, 4.69) is 10.0 Å². The molecule has 2 rings (SSSR count). The molecule has 0 aliphatic rings. The molecule has 0 aliphatic heterocycles. The summed E-state index contributed by atoms with van der Waals surface area (Å²) in [6.07, 6.45) is 0. The van der Waals surface area contributed by atoms with Crippen molar-refractivity contribution >= 4 is 33.2 Å². The summed E-state index contributed by atoms with van der Waals surface area (Å²) in [6, 6.07) is 6.95. The third kappa shape index (κ3) is 4.72. The molecule has 0 aliphatic carbocycles. The second-order valence-electron chi connectivity index (χ2n) is 5.59. The third-order valence-electron chi connectivity index (χ3n) is 3.60. The van der Waals surface area contributed by atoms with Crippen LogP contribution in [-0.2, 0) is 14.8 Å². The molecule has 0 aromatic heterocycles. The fourth-order valence-electron chi connectivity index (χ4n) is 2.18. The van der Waals surface area contributed by atoms with E-state index < -0.39 is 27.8 Å². The molecule has 0 unspecified atom stereocenters. The van der Waals surface area contributed by atoms with Gasteiger partial charge in [0.15, 0.2) is 0 Å². The molecule has 1 atom stereocenters. The minimum Gasteiger partial charge on any atom is -0.495 e. The van der Waals surface area contributed by atoms with E-state index in [1.807, 2.05) is 0 Å². The highest BCUT2D eigenvalue weighted by Gasteiger charge is 2.25. The van der Waals surface area contributed by atoms with E-state index in [1.54, 1.807) is 6.92 Å². The van der Waals surface area contributed by atoms with E-state index in [1.165, 1.54) is 44.4 Å². The van der Waals surface area contributed by atoms with Crippen LogP contribution in [0, 0.1) is 12.7 Å². The second-order valence-corrected chi connectivity index (χ2v) is 7.71. The summed E-state index contributed by atoms with van der Waals surface area (Å²) in [7, 11) is -2.75. The molecule has 140 valence electrons. The summed E-state index contributed by atoms with van der Waals surface area (Å²) < 4.78 is 45.7. The van der Waals surface area contributed by atoms with E-state index in [-0.39, 0.29) is 21.4 Å². The molecular formula is C17H18ClFN2O4S. The van der Waals surface area contributed by atoms with Crippen LogP contribution >= 0.6 is 11.6 Å². The summed E-state index contributed by atoms with van der Waals surface area (Å²) in [5, 5.41) is 2.71. The quantitative estimate of drug-likeness (QED) is 0.780. The number of aryl methyl sites for hydroxylation is 1. The highest BCUT2D eigenvalue weighted by atomic mass is 35.5. The zero-order valence-corrected chi connectivity index (χ0v) is 15.9. The average molecular weight is 401 g/mol. The predicted molar refractivity (Wildman–Crippen MR) is 97.6 cm³/mol. The molecule has 0 heterocycles. The zero-order valence-electron chi connectivity index (χ0n) is 14.3. The Morgan fingerprint density at radius 1 is 1.23 bits per heavy atom. The number of carbonyl (C=O) groups is 1. The van der Waals surface area contributed by atoms with Crippen LogP contribution in [-0.4, -0.2) is 27.5 Å². The number of sulfonamides is 1. The van der Waals surface area contributed by atoms with Gasteiger partial charge >= 0.3 is 0 Å². The normalized spacial score (nSPS) is 12.5. The van der Waals surface area contributed by atoms with E-state index in [4.69, 9.17) is 16.3 Å². The first kappa shape index (κ1) is 20.2. The van der Waals surface area contributed by atoms with Crippen LogP contribution in [0.5, 0.6) is 5.75 Å². The maximum atomic E-state index is 13.3. The molecule has 0 saturated heterocycles. The van der Waals surface area contributed by atoms with Gasteiger partial charge in [0, 0.05) is 10.7 Å². The summed E-state index contributed by atoms with van der Waals surface area (Å²) in [6.45, 7) is 3.07.